The Morgan fingerprint density at radius 2 is 2.11 bits per heavy atom. The summed E-state index contributed by atoms with van der Waals surface area (Å²) in [5.74, 6) is 0. The summed E-state index contributed by atoms with van der Waals surface area (Å²) in [7, 11) is 0. The van der Waals surface area contributed by atoms with Crippen molar-refractivity contribution in [2.24, 2.45) is 0 Å². The molecule has 18 heavy (non-hydrogen) atoms. The van der Waals surface area contributed by atoms with Crippen molar-refractivity contribution in [3.63, 3.8) is 0 Å². The molecule has 0 fully saturated rings. The molecule has 1 aromatic carbocycles. The molecule has 1 aromatic heterocycles. The van der Waals surface area contributed by atoms with Gasteiger partial charge in [0.2, 0.25) is 0 Å². The maximum Gasteiger partial charge on any atom is 0.180 e. The second-order valence-corrected chi connectivity index (χ2v) is 6.25. The first-order valence-corrected chi connectivity index (χ1v) is 7.09. The lowest BCUT2D eigenvalue weighted by atomic mass is 10.2. The summed E-state index contributed by atoms with van der Waals surface area (Å²) in [5.41, 5.74) is 7.95. The third-order valence-corrected chi connectivity index (χ3v) is 4.58. The van der Waals surface area contributed by atoms with Crippen molar-refractivity contribution in [2.75, 3.05) is 5.73 Å². The number of thiazole rings is 1. The molecule has 2 N–H and O–H groups in total. The standard InChI is InChI=1S/C12H11Cl2N3S/c13-8-2-1-7(3-9(8)14)4-17-5-10-11(6-17)18-12(15)16-10/h1-3H,4-6H2,(H2,15,16). The highest BCUT2D eigenvalue weighted by molar-refractivity contribution is 7.15. The van der Waals surface area contributed by atoms with Gasteiger partial charge < -0.3 is 5.73 Å². The van der Waals surface area contributed by atoms with E-state index in [4.69, 9.17) is 28.9 Å². The monoisotopic (exact) mass is 299 g/mol. The van der Waals surface area contributed by atoms with E-state index >= 15 is 0 Å². The van der Waals surface area contributed by atoms with E-state index in [1.165, 1.54) is 4.88 Å². The van der Waals surface area contributed by atoms with Gasteiger partial charge in [-0.05, 0) is 17.7 Å². The Hall–Kier alpha value is -0.810. The van der Waals surface area contributed by atoms with Crippen LogP contribution in [0.4, 0.5) is 5.13 Å². The smallest absolute Gasteiger partial charge is 0.180 e. The fraction of sp³-hybridized carbons (Fsp3) is 0.250. The molecular formula is C12H11Cl2N3S. The molecule has 0 saturated heterocycles. The molecule has 0 amide bonds. The SMILES string of the molecule is Nc1nc2c(s1)CN(Cc1ccc(Cl)c(Cl)c1)C2. The molecule has 2 aromatic rings. The van der Waals surface area contributed by atoms with Gasteiger partial charge in [0.1, 0.15) is 0 Å². The number of nitrogens with two attached hydrogens (primary N) is 1. The summed E-state index contributed by atoms with van der Waals surface area (Å²) in [5, 5.41) is 1.86. The highest BCUT2D eigenvalue weighted by atomic mass is 35.5. The van der Waals surface area contributed by atoms with Crippen molar-refractivity contribution in [3.05, 3.63) is 44.4 Å². The third-order valence-electron chi connectivity index (χ3n) is 2.93. The van der Waals surface area contributed by atoms with Crippen LogP contribution in [-0.2, 0) is 19.6 Å². The number of benzene rings is 1. The van der Waals surface area contributed by atoms with Crippen LogP contribution in [0.15, 0.2) is 18.2 Å². The Morgan fingerprint density at radius 1 is 1.28 bits per heavy atom. The third kappa shape index (κ3) is 2.34. The van der Waals surface area contributed by atoms with Crippen molar-refractivity contribution in [1.29, 1.82) is 0 Å². The lowest BCUT2D eigenvalue weighted by Gasteiger charge is -2.15. The molecule has 0 aliphatic carbocycles. The minimum absolute atomic E-state index is 0.593. The summed E-state index contributed by atoms with van der Waals surface area (Å²) in [6.45, 7) is 2.60. The van der Waals surface area contributed by atoms with E-state index < -0.39 is 0 Å². The van der Waals surface area contributed by atoms with Gasteiger partial charge in [-0.1, -0.05) is 29.3 Å². The predicted molar refractivity (Wildman–Crippen MR) is 75.9 cm³/mol. The molecule has 0 atom stereocenters. The first-order valence-electron chi connectivity index (χ1n) is 5.52. The Labute approximate surface area is 119 Å². The number of nitrogens with zero attached hydrogens (tertiary/aromatic N) is 2. The molecule has 0 spiro atoms. The minimum Gasteiger partial charge on any atom is -0.375 e. The van der Waals surface area contributed by atoms with Crippen LogP contribution >= 0.6 is 34.5 Å². The number of fused-ring (bicyclic) bond motifs is 1. The van der Waals surface area contributed by atoms with Crippen molar-refractivity contribution in [2.45, 2.75) is 19.6 Å². The van der Waals surface area contributed by atoms with E-state index in [0.717, 1.165) is 30.9 Å². The molecule has 6 heteroatoms. The lowest BCUT2D eigenvalue weighted by molar-refractivity contribution is 0.275. The van der Waals surface area contributed by atoms with E-state index in [-0.39, 0.29) is 0 Å². The first-order chi connectivity index (χ1) is 8.61. The van der Waals surface area contributed by atoms with Gasteiger partial charge in [0, 0.05) is 24.5 Å². The van der Waals surface area contributed by atoms with Gasteiger partial charge in [0.05, 0.1) is 15.7 Å². The topological polar surface area (TPSA) is 42.1 Å². The molecular weight excluding hydrogens is 289 g/mol. The van der Waals surface area contributed by atoms with Gasteiger partial charge in [0.25, 0.3) is 0 Å². The van der Waals surface area contributed by atoms with Crippen LogP contribution < -0.4 is 5.73 Å². The second kappa shape index (κ2) is 4.70. The molecule has 3 nitrogen and oxygen atoms in total. The Kier molecular flexibility index (Phi) is 3.20. The molecule has 2 heterocycles. The Bertz CT molecular complexity index is 574. The molecule has 0 bridgehead atoms. The van der Waals surface area contributed by atoms with Crippen molar-refractivity contribution in [3.8, 4) is 0 Å². The van der Waals surface area contributed by atoms with Gasteiger partial charge >= 0.3 is 0 Å². The maximum absolute atomic E-state index is 6.01. The van der Waals surface area contributed by atoms with Gasteiger partial charge in [-0.15, -0.1) is 11.3 Å². The Balaban J connectivity index is 1.72. The van der Waals surface area contributed by atoms with Crippen LogP contribution in [0.2, 0.25) is 10.0 Å². The number of aromatic nitrogens is 1. The second-order valence-electron chi connectivity index (χ2n) is 4.32. The zero-order valence-electron chi connectivity index (χ0n) is 9.49. The fourth-order valence-corrected chi connectivity index (χ4v) is 3.33. The van der Waals surface area contributed by atoms with Gasteiger partial charge in [-0.3, -0.25) is 4.90 Å². The molecule has 3 rings (SSSR count). The number of rotatable bonds is 2. The van der Waals surface area contributed by atoms with Gasteiger partial charge in [-0.2, -0.15) is 0 Å². The van der Waals surface area contributed by atoms with E-state index in [1.807, 2.05) is 18.2 Å². The molecule has 0 saturated carbocycles. The molecule has 0 unspecified atom stereocenters. The zero-order chi connectivity index (χ0) is 12.7. The van der Waals surface area contributed by atoms with Gasteiger partial charge in [-0.25, -0.2) is 4.98 Å². The number of hydrogen-bond acceptors (Lipinski definition) is 4. The largest absolute Gasteiger partial charge is 0.375 e. The normalized spacial score (nSPS) is 15.0. The molecule has 0 radical (unpaired) electrons. The van der Waals surface area contributed by atoms with Crippen molar-refractivity contribution in [1.82, 2.24) is 9.88 Å². The summed E-state index contributed by atoms with van der Waals surface area (Å²) < 4.78 is 0. The van der Waals surface area contributed by atoms with Crippen molar-refractivity contribution < 1.29 is 0 Å². The van der Waals surface area contributed by atoms with Crippen LogP contribution in [0.1, 0.15) is 16.1 Å². The van der Waals surface area contributed by atoms with Crippen LogP contribution in [0.5, 0.6) is 0 Å². The summed E-state index contributed by atoms with van der Waals surface area (Å²) >= 11 is 13.5. The summed E-state index contributed by atoms with van der Waals surface area (Å²) in [6, 6.07) is 5.75. The quantitative estimate of drug-likeness (QED) is 0.922. The average Bonchev–Trinajstić information content (AvgIpc) is 2.80. The highest BCUT2D eigenvalue weighted by Crippen LogP contribution is 2.31. The molecule has 1 aliphatic rings. The Morgan fingerprint density at radius 3 is 2.83 bits per heavy atom. The predicted octanol–water partition coefficient (Wildman–Crippen LogP) is 3.55. The highest BCUT2D eigenvalue weighted by Gasteiger charge is 2.23. The van der Waals surface area contributed by atoms with E-state index in [2.05, 4.69) is 9.88 Å². The molecule has 94 valence electrons. The van der Waals surface area contributed by atoms with Gasteiger partial charge in [0.15, 0.2) is 5.13 Å². The minimum atomic E-state index is 0.593. The van der Waals surface area contributed by atoms with E-state index in [9.17, 15) is 0 Å². The van der Waals surface area contributed by atoms with Crippen LogP contribution in [0.3, 0.4) is 0 Å². The fourth-order valence-electron chi connectivity index (χ4n) is 2.13. The van der Waals surface area contributed by atoms with Crippen molar-refractivity contribution >= 4 is 39.7 Å². The van der Waals surface area contributed by atoms with E-state index in [1.54, 1.807) is 11.3 Å². The van der Waals surface area contributed by atoms with E-state index in [0.29, 0.717) is 15.2 Å². The summed E-state index contributed by atoms with van der Waals surface area (Å²) in [4.78, 5) is 7.91. The number of anilines is 1. The van der Waals surface area contributed by atoms with Crippen LogP contribution in [-0.4, -0.2) is 9.88 Å². The number of halogens is 2. The number of nitrogen functional groups attached to an aromatic ring is 1. The first kappa shape index (κ1) is 12.2. The zero-order valence-corrected chi connectivity index (χ0v) is 11.8. The molecule has 1 aliphatic heterocycles. The average molecular weight is 300 g/mol. The summed E-state index contributed by atoms with van der Waals surface area (Å²) in [6.07, 6.45) is 0. The van der Waals surface area contributed by atoms with Crippen LogP contribution in [0, 0.1) is 0 Å². The van der Waals surface area contributed by atoms with Crippen LogP contribution in [0.25, 0.3) is 0 Å². The lowest BCUT2D eigenvalue weighted by Crippen LogP contribution is -2.16. The number of hydrogen-bond donors (Lipinski definition) is 1. The maximum atomic E-state index is 6.01.